The summed E-state index contributed by atoms with van der Waals surface area (Å²) in [6, 6.07) is 9.43. The van der Waals surface area contributed by atoms with Gasteiger partial charge in [0.1, 0.15) is 0 Å². The van der Waals surface area contributed by atoms with Crippen LogP contribution in [0, 0.1) is 11.3 Å². The molecule has 1 saturated carbocycles. The highest BCUT2D eigenvalue weighted by atomic mass is 14.7. The number of fused-ring (bicyclic) bond motifs is 3. The first kappa shape index (κ1) is 13.0. The third-order valence-electron chi connectivity index (χ3n) is 5.46. The summed E-state index contributed by atoms with van der Waals surface area (Å²) in [4.78, 5) is 3.52. The SMILES string of the molecule is N#C[C@H]1CCCc2c1[nH]c1ccc(C3CCCCC3)cc21. The van der Waals surface area contributed by atoms with Crippen molar-refractivity contribution in [3.8, 4) is 6.07 Å². The monoisotopic (exact) mass is 278 g/mol. The van der Waals surface area contributed by atoms with E-state index in [9.17, 15) is 5.26 Å². The molecule has 0 amide bonds. The van der Waals surface area contributed by atoms with Gasteiger partial charge in [-0.05, 0) is 61.3 Å². The van der Waals surface area contributed by atoms with Crippen molar-refractivity contribution in [2.45, 2.75) is 63.2 Å². The number of H-pyrrole nitrogens is 1. The van der Waals surface area contributed by atoms with E-state index < -0.39 is 0 Å². The molecule has 0 unspecified atom stereocenters. The lowest BCUT2D eigenvalue weighted by molar-refractivity contribution is 0.444. The smallest absolute Gasteiger partial charge is 0.0865 e. The number of aromatic nitrogens is 1. The van der Waals surface area contributed by atoms with Gasteiger partial charge in [-0.3, -0.25) is 0 Å². The second kappa shape index (κ2) is 5.22. The van der Waals surface area contributed by atoms with Crippen LogP contribution in [0.15, 0.2) is 18.2 Å². The van der Waals surface area contributed by atoms with Crippen LogP contribution in [0.25, 0.3) is 10.9 Å². The minimum absolute atomic E-state index is 0.0688. The zero-order valence-electron chi connectivity index (χ0n) is 12.5. The standard InChI is InChI=1S/C19H22N2/c20-12-15-7-4-8-16-17-11-14(13-5-2-1-3-6-13)9-10-18(17)21-19(15)16/h9-11,13,15,21H,1-8H2/t15-/m1/s1. The van der Waals surface area contributed by atoms with E-state index in [-0.39, 0.29) is 5.92 Å². The van der Waals surface area contributed by atoms with Crippen molar-refractivity contribution in [3.05, 3.63) is 35.0 Å². The fraction of sp³-hybridized carbons (Fsp3) is 0.526. The van der Waals surface area contributed by atoms with Gasteiger partial charge in [0, 0.05) is 16.6 Å². The maximum Gasteiger partial charge on any atom is 0.0865 e. The number of aryl methyl sites for hydroxylation is 1. The average Bonchev–Trinajstić information content (AvgIpc) is 2.93. The first-order valence-corrected chi connectivity index (χ1v) is 8.41. The summed E-state index contributed by atoms with van der Waals surface area (Å²) in [6.07, 6.45) is 10.1. The number of nitrogens with one attached hydrogen (secondary N) is 1. The van der Waals surface area contributed by atoms with Crippen LogP contribution in [-0.2, 0) is 6.42 Å². The Hall–Kier alpha value is -1.75. The minimum atomic E-state index is 0.0688. The van der Waals surface area contributed by atoms with Crippen LogP contribution >= 0.6 is 0 Å². The van der Waals surface area contributed by atoms with E-state index in [2.05, 4.69) is 29.3 Å². The Balaban J connectivity index is 1.79. The molecule has 1 fully saturated rings. The molecule has 1 N–H and O–H groups in total. The van der Waals surface area contributed by atoms with Crippen LogP contribution in [0.3, 0.4) is 0 Å². The first-order valence-electron chi connectivity index (χ1n) is 8.41. The summed E-state index contributed by atoms with van der Waals surface area (Å²) >= 11 is 0. The molecule has 2 aromatic rings. The second-order valence-corrected chi connectivity index (χ2v) is 6.73. The molecule has 2 nitrogen and oxygen atoms in total. The molecule has 0 aliphatic heterocycles. The Labute approximate surface area is 126 Å². The molecule has 0 saturated heterocycles. The number of aromatic amines is 1. The lowest BCUT2D eigenvalue weighted by Gasteiger charge is -2.22. The van der Waals surface area contributed by atoms with Crippen molar-refractivity contribution in [1.29, 1.82) is 5.26 Å². The summed E-state index contributed by atoms with van der Waals surface area (Å²) in [5, 5.41) is 10.7. The van der Waals surface area contributed by atoms with Crippen LogP contribution in [0.2, 0.25) is 0 Å². The van der Waals surface area contributed by atoms with Crippen LogP contribution in [0.4, 0.5) is 0 Å². The predicted molar refractivity (Wildman–Crippen MR) is 85.4 cm³/mol. The van der Waals surface area contributed by atoms with E-state index in [0.29, 0.717) is 0 Å². The molecule has 2 heteroatoms. The topological polar surface area (TPSA) is 39.6 Å². The Bertz CT molecular complexity index is 698. The fourth-order valence-corrected chi connectivity index (χ4v) is 4.30. The van der Waals surface area contributed by atoms with Crippen LogP contribution in [0.5, 0.6) is 0 Å². The van der Waals surface area contributed by atoms with Gasteiger partial charge in [0.15, 0.2) is 0 Å². The number of nitrogens with zero attached hydrogens (tertiary/aromatic N) is 1. The fourth-order valence-electron chi connectivity index (χ4n) is 4.30. The molecule has 1 heterocycles. The molecule has 2 aliphatic carbocycles. The number of nitriles is 1. The molecule has 0 spiro atoms. The maximum atomic E-state index is 9.35. The van der Waals surface area contributed by atoms with Gasteiger partial charge in [0.25, 0.3) is 0 Å². The highest BCUT2D eigenvalue weighted by Crippen LogP contribution is 2.38. The van der Waals surface area contributed by atoms with E-state index in [4.69, 9.17) is 0 Å². The Morgan fingerprint density at radius 1 is 1.05 bits per heavy atom. The summed E-state index contributed by atoms with van der Waals surface area (Å²) in [5.41, 5.74) is 5.35. The summed E-state index contributed by atoms with van der Waals surface area (Å²) in [6.45, 7) is 0. The minimum Gasteiger partial charge on any atom is -0.357 e. The molecule has 21 heavy (non-hydrogen) atoms. The lowest BCUT2D eigenvalue weighted by Crippen LogP contribution is -2.07. The highest BCUT2D eigenvalue weighted by molar-refractivity contribution is 5.86. The lowest BCUT2D eigenvalue weighted by atomic mass is 9.83. The number of benzene rings is 1. The zero-order chi connectivity index (χ0) is 14.2. The van der Waals surface area contributed by atoms with Gasteiger partial charge in [-0.15, -0.1) is 0 Å². The largest absolute Gasteiger partial charge is 0.357 e. The third kappa shape index (κ3) is 2.16. The average molecular weight is 278 g/mol. The van der Waals surface area contributed by atoms with Crippen LogP contribution in [-0.4, -0.2) is 4.98 Å². The van der Waals surface area contributed by atoms with Crippen molar-refractivity contribution in [2.75, 3.05) is 0 Å². The molecule has 1 aromatic heterocycles. The quantitative estimate of drug-likeness (QED) is 0.769. The normalized spacial score (nSPS) is 22.9. The van der Waals surface area contributed by atoms with Gasteiger partial charge in [0.2, 0.25) is 0 Å². The number of hydrogen-bond acceptors (Lipinski definition) is 1. The Morgan fingerprint density at radius 3 is 2.71 bits per heavy atom. The van der Waals surface area contributed by atoms with Gasteiger partial charge in [-0.25, -0.2) is 0 Å². The van der Waals surface area contributed by atoms with Crippen molar-refractivity contribution in [2.24, 2.45) is 0 Å². The molecule has 1 aromatic carbocycles. The van der Waals surface area contributed by atoms with Crippen molar-refractivity contribution >= 4 is 10.9 Å². The highest BCUT2D eigenvalue weighted by Gasteiger charge is 2.24. The molecule has 108 valence electrons. The van der Waals surface area contributed by atoms with E-state index in [0.717, 1.165) is 25.2 Å². The van der Waals surface area contributed by atoms with Gasteiger partial charge in [-0.1, -0.05) is 25.3 Å². The number of rotatable bonds is 1. The van der Waals surface area contributed by atoms with E-state index in [1.807, 2.05) is 0 Å². The van der Waals surface area contributed by atoms with Crippen molar-refractivity contribution in [3.63, 3.8) is 0 Å². The summed E-state index contributed by atoms with van der Waals surface area (Å²) < 4.78 is 0. The van der Waals surface area contributed by atoms with Crippen LogP contribution < -0.4 is 0 Å². The summed E-state index contributed by atoms with van der Waals surface area (Å²) in [7, 11) is 0. The molecule has 0 bridgehead atoms. The Kier molecular flexibility index (Phi) is 3.22. The molecule has 2 aliphatic rings. The van der Waals surface area contributed by atoms with Gasteiger partial charge < -0.3 is 4.98 Å². The zero-order valence-corrected chi connectivity index (χ0v) is 12.5. The molecular weight excluding hydrogens is 256 g/mol. The molecule has 1 atom stereocenters. The maximum absolute atomic E-state index is 9.35. The first-order chi connectivity index (χ1) is 10.4. The summed E-state index contributed by atoms with van der Waals surface area (Å²) in [5.74, 6) is 0.823. The predicted octanol–water partition coefficient (Wildman–Crippen LogP) is 5.16. The van der Waals surface area contributed by atoms with E-state index in [1.165, 1.54) is 59.8 Å². The second-order valence-electron chi connectivity index (χ2n) is 6.73. The Morgan fingerprint density at radius 2 is 1.90 bits per heavy atom. The van der Waals surface area contributed by atoms with Crippen LogP contribution in [0.1, 0.15) is 73.6 Å². The third-order valence-corrected chi connectivity index (χ3v) is 5.46. The van der Waals surface area contributed by atoms with Gasteiger partial charge in [0.05, 0.1) is 12.0 Å². The number of hydrogen-bond donors (Lipinski definition) is 1. The molecule has 4 rings (SSSR count). The van der Waals surface area contributed by atoms with Crippen molar-refractivity contribution < 1.29 is 0 Å². The molecular formula is C19H22N2. The van der Waals surface area contributed by atoms with E-state index >= 15 is 0 Å². The van der Waals surface area contributed by atoms with Gasteiger partial charge >= 0.3 is 0 Å². The molecule has 0 radical (unpaired) electrons. The van der Waals surface area contributed by atoms with Gasteiger partial charge in [-0.2, -0.15) is 5.26 Å². The van der Waals surface area contributed by atoms with Crippen molar-refractivity contribution in [1.82, 2.24) is 4.98 Å². The van der Waals surface area contributed by atoms with E-state index in [1.54, 1.807) is 0 Å².